The Morgan fingerprint density at radius 3 is 2.53 bits per heavy atom. The van der Waals surface area contributed by atoms with Crippen LogP contribution in [0, 0.1) is 0 Å². The first-order valence-corrected chi connectivity index (χ1v) is 6.52. The van der Waals surface area contributed by atoms with Crippen molar-refractivity contribution in [2.45, 2.75) is 11.4 Å². The van der Waals surface area contributed by atoms with Crippen LogP contribution in [-0.4, -0.2) is 16.6 Å². The largest absolute Gasteiger partial charge is 0.461 e. The van der Waals surface area contributed by atoms with Crippen LogP contribution in [0.2, 0.25) is 0 Å². The molecule has 0 aliphatic heterocycles. The number of carbonyl (C=O) groups is 2. The average Bonchev–Trinajstić information content (AvgIpc) is 2.98. The fraction of sp³-hybridized carbons (Fsp3) is 0.143. The Balaban J connectivity index is 1.91. The van der Waals surface area contributed by atoms with Crippen LogP contribution in [0.25, 0.3) is 0 Å². The summed E-state index contributed by atoms with van der Waals surface area (Å²) in [6.07, 6.45) is 1.38. The molecular formula is C14H11BrO4. The highest BCUT2D eigenvalue weighted by Gasteiger charge is 2.28. The van der Waals surface area contributed by atoms with Gasteiger partial charge in [-0.3, -0.25) is 9.59 Å². The molecule has 0 N–H and O–H groups in total. The molecule has 2 rings (SSSR count). The van der Waals surface area contributed by atoms with Gasteiger partial charge >= 0.3 is 5.97 Å². The number of hydrogen-bond donors (Lipinski definition) is 0. The molecule has 1 aromatic carbocycles. The molecule has 1 unspecified atom stereocenters. The topological polar surface area (TPSA) is 56.5 Å². The summed E-state index contributed by atoms with van der Waals surface area (Å²) in [5.74, 6) is -0.966. The van der Waals surface area contributed by atoms with Crippen LogP contribution in [-0.2, 0) is 16.1 Å². The molecule has 1 heterocycles. The second kappa shape index (κ2) is 6.33. The maximum atomic E-state index is 11.8. The molecule has 0 spiro atoms. The molecule has 0 fully saturated rings. The standard InChI is InChI=1S/C14H11BrO4/c15-12(13(16)11-7-4-8-18-11)14(17)19-9-10-5-2-1-3-6-10/h1-8,12H,9H2. The van der Waals surface area contributed by atoms with Gasteiger partial charge in [-0.15, -0.1) is 0 Å². The van der Waals surface area contributed by atoms with Gasteiger partial charge in [-0.2, -0.15) is 0 Å². The van der Waals surface area contributed by atoms with E-state index in [9.17, 15) is 9.59 Å². The summed E-state index contributed by atoms with van der Waals surface area (Å²) in [5, 5.41) is 0. The number of carbonyl (C=O) groups excluding carboxylic acids is 2. The number of alkyl halides is 1. The lowest BCUT2D eigenvalue weighted by atomic mass is 10.2. The number of furan rings is 1. The molecule has 1 aromatic heterocycles. The molecule has 4 nitrogen and oxygen atoms in total. The Labute approximate surface area is 118 Å². The third kappa shape index (κ3) is 3.54. The van der Waals surface area contributed by atoms with Crippen molar-refractivity contribution < 1.29 is 18.7 Å². The third-order valence-corrected chi connectivity index (χ3v) is 3.21. The van der Waals surface area contributed by atoms with Gasteiger partial charge in [0, 0.05) is 0 Å². The maximum Gasteiger partial charge on any atom is 0.328 e. The molecule has 0 aliphatic rings. The van der Waals surface area contributed by atoms with Crippen molar-refractivity contribution in [3.8, 4) is 0 Å². The quantitative estimate of drug-likeness (QED) is 0.367. The van der Waals surface area contributed by atoms with Gasteiger partial charge in [-0.05, 0) is 17.7 Å². The van der Waals surface area contributed by atoms with Crippen molar-refractivity contribution in [1.82, 2.24) is 0 Å². The van der Waals surface area contributed by atoms with Crippen LogP contribution in [0.4, 0.5) is 0 Å². The molecule has 2 aromatic rings. The summed E-state index contributed by atoms with van der Waals surface area (Å²) in [5.41, 5.74) is 0.862. The molecule has 0 radical (unpaired) electrons. The van der Waals surface area contributed by atoms with E-state index in [2.05, 4.69) is 15.9 Å². The van der Waals surface area contributed by atoms with Gasteiger partial charge in [-0.1, -0.05) is 46.3 Å². The highest BCUT2D eigenvalue weighted by atomic mass is 79.9. The maximum absolute atomic E-state index is 11.8. The minimum absolute atomic E-state index is 0.124. The first-order chi connectivity index (χ1) is 9.18. The van der Waals surface area contributed by atoms with Crippen molar-refractivity contribution in [2.75, 3.05) is 0 Å². The highest BCUT2D eigenvalue weighted by molar-refractivity contribution is 9.10. The SMILES string of the molecule is O=C(OCc1ccccc1)C(Br)C(=O)c1ccco1. The van der Waals surface area contributed by atoms with Gasteiger partial charge in [0.15, 0.2) is 10.6 Å². The first-order valence-electron chi connectivity index (χ1n) is 5.61. The number of halogens is 1. The Hall–Kier alpha value is -1.88. The second-order valence-corrected chi connectivity index (χ2v) is 4.71. The van der Waals surface area contributed by atoms with Gasteiger partial charge in [0.1, 0.15) is 6.61 Å². The van der Waals surface area contributed by atoms with E-state index in [-0.39, 0.29) is 12.4 Å². The molecule has 0 saturated carbocycles. The average molecular weight is 323 g/mol. The Kier molecular flexibility index (Phi) is 4.52. The zero-order valence-corrected chi connectivity index (χ0v) is 11.5. The molecule has 0 aliphatic carbocycles. The fourth-order valence-electron chi connectivity index (χ4n) is 1.45. The minimum atomic E-state index is -1.05. The lowest BCUT2D eigenvalue weighted by Crippen LogP contribution is -2.26. The fourth-order valence-corrected chi connectivity index (χ4v) is 1.81. The van der Waals surface area contributed by atoms with Crippen LogP contribution in [0.15, 0.2) is 53.1 Å². The molecule has 5 heteroatoms. The normalized spacial score (nSPS) is 11.8. The van der Waals surface area contributed by atoms with Crippen LogP contribution < -0.4 is 0 Å². The zero-order valence-electron chi connectivity index (χ0n) is 9.91. The van der Waals surface area contributed by atoms with E-state index >= 15 is 0 Å². The van der Waals surface area contributed by atoms with Gasteiger partial charge < -0.3 is 9.15 Å². The Bertz CT molecular complexity index is 548. The number of Topliss-reactive ketones (excluding diaryl/α,β-unsaturated/α-hetero) is 1. The number of hydrogen-bond acceptors (Lipinski definition) is 4. The number of benzene rings is 1. The predicted molar refractivity (Wildman–Crippen MR) is 72.0 cm³/mol. The van der Waals surface area contributed by atoms with Crippen molar-refractivity contribution >= 4 is 27.7 Å². The molecule has 19 heavy (non-hydrogen) atoms. The van der Waals surface area contributed by atoms with Crippen LogP contribution in [0.1, 0.15) is 16.1 Å². The number of rotatable bonds is 5. The van der Waals surface area contributed by atoms with E-state index in [4.69, 9.17) is 9.15 Å². The van der Waals surface area contributed by atoms with Crippen molar-refractivity contribution in [2.24, 2.45) is 0 Å². The van der Waals surface area contributed by atoms with E-state index in [1.54, 1.807) is 6.07 Å². The summed E-state index contributed by atoms with van der Waals surface area (Å²) < 4.78 is 10.0. The summed E-state index contributed by atoms with van der Waals surface area (Å²) >= 11 is 3.02. The summed E-state index contributed by atoms with van der Waals surface area (Å²) in [4.78, 5) is 22.5. The summed E-state index contributed by atoms with van der Waals surface area (Å²) in [7, 11) is 0. The molecule has 1 atom stereocenters. The Morgan fingerprint density at radius 2 is 1.89 bits per heavy atom. The molecule has 0 bridgehead atoms. The van der Waals surface area contributed by atoms with E-state index in [0.717, 1.165) is 5.56 Å². The number of ketones is 1. The lowest BCUT2D eigenvalue weighted by molar-refractivity contribution is -0.143. The molecule has 98 valence electrons. The smallest absolute Gasteiger partial charge is 0.328 e. The van der Waals surface area contributed by atoms with Crippen molar-refractivity contribution in [3.05, 3.63) is 60.1 Å². The van der Waals surface area contributed by atoms with Gasteiger partial charge in [0.05, 0.1) is 6.26 Å². The summed E-state index contributed by atoms with van der Waals surface area (Å²) in [6.45, 7) is 0.132. The third-order valence-electron chi connectivity index (χ3n) is 2.43. The summed E-state index contributed by atoms with van der Waals surface area (Å²) in [6, 6.07) is 12.3. The van der Waals surface area contributed by atoms with Gasteiger partial charge in [0.25, 0.3) is 0 Å². The van der Waals surface area contributed by atoms with Crippen molar-refractivity contribution in [1.29, 1.82) is 0 Å². The molecular weight excluding hydrogens is 312 g/mol. The monoisotopic (exact) mass is 322 g/mol. The second-order valence-electron chi connectivity index (χ2n) is 3.80. The number of ether oxygens (including phenoxy) is 1. The molecule has 0 saturated heterocycles. The van der Waals surface area contributed by atoms with E-state index in [0.29, 0.717) is 0 Å². The molecule has 0 amide bonds. The Morgan fingerprint density at radius 1 is 1.16 bits per heavy atom. The predicted octanol–water partition coefficient (Wildman–Crippen LogP) is 2.97. The van der Waals surface area contributed by atoms with Crippen molar-refractivity contribution in [3.63, 3.8) is 0 Å². The minimum Gasteiger partial charge on any atom is -0.461 e. The van der Waals surface area contributed by atoms with Gasteiger partial charge in [0.2, 0.25) is 5.78 Å². The number of esters is 1. The first kappa shape index (κ1) is 13.5. The van der Waals surface area contributed by atoms with Crippen LogP contribution in [0.5, 0.6) is 0 Å². The lowest BCUT2D eigenvalue weighted by Gasteiger charge is -2.08. The van der Waals surface area contributed by atoms with Gasteiger partial charge in [-0.25, -0.2) is 0 Å². The zero-order chi connectivity index (χ0) is 13.7. The van der Waals surface area contributed by atoms with E-state index in [1.165, 1.54) is 12.3 Å². The van der Waals surface area contributed by atoms with E-state index in [1.807, 2.05) is 30.3 Å². The van der Waals surface area contributed by atoms with E-state index < -0.39 is 16.6 Å². The highest BCUT2D eigenvalue weighted by Crippen LogP contribution is 2.13. The van der Waals surface area contributed by atoms with Crippen LogP contribution in [0.3, 0.4) is 0 Å². The van der Waals surface area contributed by atoms with Crippen LogP contribution >= 0.6 is 15.9 Å².